The van der Waals surface area contributed by atoms with E-state index in [1.54, 1.807) is 0 Å². The van der Waals surface area contributed by atoms with E-state index in [-0.39, 0.29) is 0 Å². The van der Waals surface area contributed by atoms with Crippen LogP contribution in [0.1, 0.15) is 51.5 Å². The Morgan fingerprint density at radius 1 is 1.30 bits per heavy atom. The minimum absolute atomic E-state index is 0.585. The normalized spacial score (nSPS) is 19.9. The number of hydrogen-bond acceptors (Lipinski definition) is 2. The molecule has 0 spiro atoms. The summed E-state index contributed by atoms with van der Waals surface area (Å²) in [5.41, 5.74) is 2.59. The number of hydrogen-bond donors (Lipinski definition) is 1. The summed E-state index contributed by atoms with van der Waals surface area (Å²) in [6.45, 7) is 7.63. The molecule has 1 heterocycles. The minimum atomic E-state index is 0.585. The summed E-state index contributed by atoms with van der Waals surface area (Å²) < 4.78 is 0. The van der Waals surface area contributed by atoms with Gasteiger partial charge in [-0.1, -0.05) is 43.5 Å². The first-order valence-corrected chi connectivity index (χ1v) is 8.36. The maximum absolute atomic E-state index is 6.52. The zero-order valence-corrected chi connectivity index (χ0v) is 13.5. The van der Waals surface area contributed by atoms with E-state index < -0.39 is 0 Å². The fraction of sp³-hybridized carbons (Fsp3) is 0.647. The predicted molar refractivity (Wildman–Crippen MR) is 88.7 cm³/mol. The molecule has 3 heteroatoms. The van der Waals surface area contributed by atoms with Crippen molar-refractivity contribution >= 4 is 17.3 Å². The van der Waals surface area contributed by atoms with Crippen LogP contribution in [-0.2, 0) is 6.54 Å². The van der Waals surface area contributed by atoms with Crippen LogP contribution < -0.4 is 10.2 Å². The maximum Gasteiger partial charge on any atom is 0.0643 e. The van der Waals surface area contributed by atoms with E-state index >= 15 is 0 Å². The Bertz CT molecular complexity index is 419. The van der Waals surface area contributed by atoms with Crippen LogP contribution in [0.15, 0.2) is 18.2 Å². The summed E-state index contributed by atoms with van der Waals surface area (Å²) in [6.07, 6.45) is 6.39. The van der Waals surface area contributed by atoms with E-state index in [4.69, 9.17) is 11.6 Å². The lowest BCUT2D eigenvalue weighted by molar-refractivity contribution is 0.610. The highest BCUT2D eigenvalue weighted by molar-refractivity contribution is 6.33. The Morgan fingerprint density at radius 2 is 2.15 bits per heavy atom. The fourth-order valence-electron chi connectivity index (χ4n) is 3.03. The number of halogens is 1. The van der Waals surface area contributed by atoms with Gasteiger partial charge in [-0.2, -0.15) is 0 Å². The van der Waals surface area contributed by atoms with Gasteiger partial charge in [-0.25, -0.2) is 0 Å². The summed E-state index contributed by atoms with van der Waals surface area (Å²) in [7, 11) is 0. The minimum Gasteiger partial charge on any atom is -0.367 e. The number of nitrogens with zero attached hydrogens (tertiary/aromatic N) is 1. The van der Waals surface area contributed by atoms with Crippen LogP contribution in [0.5, 0.6) is 0 Å². The third kappa shape index (κ3) is 3.89. The van der Waals surface area contributed by atoms with E-state index in [9.17, 15) is 0 Å². The molecule has 2 nitrogen and oxygen atoms in total. The Balaban J connectivity index is 2.23. The molecule has 0 saturated carbocycles. The average Bonchev–Trinajstić information content (AvgIpc) is 2.64. The standard InChI is InChI=1S/C17H27ClN2/c1-3-11-19-13-15-9-7-10-16(18)17(15)20-12-6-4-5-8-14(20)2/h7,9-10,14,19H,3-6,8,11-13H2,1-2H3. The number of anilines is 1. The van der Waals surface area contributed by atoms with Crippen molar-refractivity contribution in [2.75, 3.05) is 18.0 Å². The first-order chi connectivity index (χ1) is 9.74. The van der Waals surface area contributed by atoms with Crippen LogP contribution in [0.2, 0.25) is 5.02 Å². The SMILES string of the molecule is CCCNCc1cccc(Cl)c1N1CCCCCC1C. The third-order valence-corrected chi connectivity index (χ3v) is 4.46. The van der Waals surface area contributed by atoms with Crippen molar-refractivity contribution in [3.8, 4) is 0 Å². The smallest absolute Gasteiger partial charge is 0.0643 e. The third-order valence-electron chi connectivity index (χ3n) is 4.15. The van der Waals surface area contributed by atoms with Gasteiger partial charge in [0, 0.05) is 19.1 Å². The second kappa shape index (κ2) is 7.90. The molecule has 1 N–H and O–H groups in total. The number of para-hydroxylation sites is 1. The van der Waals surface area contributed by atoms with E-state index in [0.717, 1.165) is 31.1 Å². The summed E-state index contributed by atoms with van der Waals surface area (Å²) in [4.78, 5) is 2.53. The first-order valence-electron chi connectivity index (χ1n) is 7.98. The predicted octanol–water partition coefficient (Wildman–Crippen LogP) is 4.61. The molecular weight excluding hydrogens is 268 g/mol. The molecule has 112 valence electrons. The van der Waals surface area contributed by atoms with Crippen LogP contribution in [0.3, 0.4) is 0 Å². The van der Waals surface area contributed by atoms with Gasteiger partial charge < -0.3 is 10.2 Å². The van der Waals surface area contributed by atoms with Gasteiger partial charge in [-0.15, -0.1) is 0 Å². The van der Waals surface area contributed by atoms with E-state index in [0.29, 0.717) is 6.04 Å². The van der Waals surface area contributed by atoms with Gasteiger partial charge in [-0.3, -0.25) is 0 Å². The molecule has 0 amide bonds. The van der Waals surface area contributed by atoms with Crippen LogP contribution in [-0.4, -0.2) is 19.1 Å². The summed E-state index contributed by atoms with van der Waals surface area (Å²) in [5.74, 6) is 0. The molecule has 1 fully saturated rings. The van der Waals surface area contributed by atoms with E-state index in [1.165, 1.54) is 36.9 Å². The highest BCUT2D eigenvalue weighted by Gasteiger charge is 2.21. The van der Waals surface area contributed by atoms with Crippen LogP contribution in [0.4, 0.5) is 5.69 Å². The second-order valence-corrected chi connectivity index (χ2v) is 6.22. The van der Waals surface area contributed by atoms with Crippen molar-refractivity contribution in [1.29, 1.82) is 0 Å². The van der Waals surface area contributed by atoms with Crippen molar-refractivity contribution in [2.45, 2.75) is 58.5 Å². The van der Waals surface area contributed by atoms with Crippen LogP contribution >= 0.6 is 11.6 Å². The molecular formula is C17H27ClN2. The molecule has 0 aliphatic carbocycles. The Hall–Kier alpha value is -0.730. The van der Waals surface area contributed by atoms with Gasteiger partial charge in [0.05, 0.1) is 10.7 Å². The van der Waals surface area contributed by atoms with Crippen molar-refractivity contribution < 1.29 is 0 Å². The Kier molecular flexibility index (Phi) is 6.18. The van der Waals surface area contributed by atoms with Crippen LogP contribution in [0, 0.1) is 0 Å². The van der Waals surface area contributed by atoms with Crippen LogP contribution in [0.25, 0.3) is 0 Å². The molecule has 0 aromatic heterocycles. The molecule has 1 aromatic rings. The molecule has 2 rings (SSSR count). The number of nitrogens with one attached hydrogen (secondary N) is 1. The van der Waals surface area contributed by atoms with E-state index in [2.05, 4.69) is 36.2 Å². The van der Waals surface area contributed by atoms with Gasteiger partial charge in [-0.05, 0) is 44.4 Å². The van der Waals surface area contributed by atoms with Crippen molar-refractivity contribution in [3.05, 3.63) is 28.8 Å². The monoisotopic (exact) mass is 294 g/mol. The lowest BCUT2D eigenvalue weighted by Crippen LogP contribution is -2.34. The highest BCUT2D eigenvalue weighted by atomic mass is 35.5. The van der Waals surface area contributed by atoms with Crippen molar-refractivity contribution in [1.82, 2.24) is 5.32 Å². The lowest BCUT2D eigenvalue weighted by atomic mass is 10.1. The maximum atomic E-state index is 6.52. The lowest BCUT2D eigenvalue weighted by Gasteiger charge is -2.32. The fourth-order valence-corrected chi connectivity index (χ4v) is 3.33. The quantitative estimate of drug-likeness (QED) is 0.798. The van der Waals surface area contributed by atoms with Gasteiger partial charge in [0.1, 0.15) is 0 Å². The summed E-state index contributed by atoms with van der Waals surface area (Å²) in [5, 5.41) is 4.40. The molecule has 0 radical (unpaired) electrons. The van der Waals surface area contributed by atoms with Gasteiger partial charge in [0.25, 0.3) is 0 Å². The van der Waals surface area contributed by atoms with E-state index in [1.807, 2.05) is 6.07 Å². The van der Waals surface area contributed by atoms with Crippen molar-refractivity contribution in [2.24, 2.45) is 0 Å². The average molecular weight is 295 g/mol. The highest BCUT2D eigenvalue weighted by Crippen LogP contribution is 2.33. The molecule has 1 atom stereocenters. The summed E-state index contributed by atoms with van der Waals surface area (Å²) in [6, 6.07) is 6.89. The van der Waals surface area contributed by atoms with Gasteiger partial charge >= 0.3 is 0 Å². The Morgan fingerprint density at radius 3 is 2.95 bits per heavy atom. The molecule has 0 bridgehead atoms. The Labute approximate surface area is 128 Å². The first kappa shape index (κ1) is 15.7. The molecule has 1 unspecified atom stereocenters. The molecule has 1 aliphatic rings. The molecule has 20 heavy (non-hydrogen) atoms. The summed E-state index contributed by atoms with van der Waals surface area (Å²) >= 11 is 6.52. The molecule has 1 aromatic carbocycles. The molecule has 1 aliphatic heterocycles. The number of rotatable bonds is 5. The zero-order chi connectivity index (χ0) is 14.4. The molecule has 1 saturated heterocycles. The van der Waals surface area contributed by atoms with Gasteiger partial charge in [0.15, 0.2) is 0 Å². The number of benzene rings is 1. The van der Waals surface area contributed by atoms with Crippen molar-refractivity contribution in [3.63, 3.8) is 0 Å². The largest absolute Gasteiger partial charge is 0.367 e. The topological polar surface area (TPSA) is 15.3 Å². The zero-order valence-electron chi connectivity index (χ0n) is 12.8. The van der Waals surface area contributed by atoms with Gasteiger partial charge in [0.2, 0.25) is 0 Å². The second-order valence-electron chi connectivity index (χ2n) is 5.82.